The smallest absolute Gasteiger partial charge is 0.199 e. The largest absolute Gasteiger partial charge is 0.273 e. The van der Waals surface area contributed by atoms with Crippen LogP contribution in [0.3, 0.4) is 0 Å². The molecule has 2 rings (SSSR count). The summed E-state index contributed by atoms with van der Waals surface area (Å²) in [6.45, 7) is 1.92. The van der Waals surface area contributed by atoms with Gasteiger partial charge in [-0.05, 0) is 19.1 Å². The van der Waals surface area contributed by atoms with Crippen molar-refractivity contribution in [2.45, 2.75) is 6.92 Å². The Bertz CT molecular complexity index is 441. The normalized spacial score (nSPS) is 10.6. The highest BCUT2D eigenvalue weighted by Gasteiger charge is 1.98. The van der Waals surface area contributed by atoms with Gasteiger partial charge in [0, 0.05) is 0 Å². The standard InChI is InChI=1S/C6H6N4S/c1-4-5-2-8-9-6(11)10(5)3-7-4/h2-3H,1H3,(H,9,11). The Balaban J connectivity index is 3.06. The van der Waals surface area contributed by atoms with E-state index in [1.54, 1.807) is 16.9 Å². The molecule has 2 aromatic rings. The highest BCUT2D eigenvalue weighted by molar-refractivity contribution is 7.71. The molecule has 0 aliphatic carbocycles. The van der Waals surface area contributed by atoms with Crippen molar-refractivity contribution < 1.29 is 0 Å². The molecule has 0 amide bonds. The number of aryl methyl sites for hydroxylation is 1. The lowest BCUT2D eigenvalue weighted by molar-refractivity contribution is 0.922. The van der Waals surface area contributed by atoms with Crippen LogP contribution in [-0.4, -0.2) is 19.6 Å². The Morgan fingerprint density at radius 3 is 3.18 bits per heavy atom. The number of fused-ring (bicyclic) bond motifs is 1. The van der Waals surface area contributed by atoms with Crippen LogP contribution in [0.2, 0.25) is 0 Å². The molecule has 0 saturated heterocycles. The molecule has 4 nitrogen and oxygen atoms in total. The summed E-state index contributed by atoms with van der Waals surface area (Å²) in [4.78, 5) is 4.09. The molecule has 0 atom stereocenters. The van der Waals surface area contributed by atoms with Crippen molar-refractivity contribution in [3.63, 3.8) is 0 Å². The fourth-order valence-electron chi connectivity index (χ4n) is 0.967. The fraction of sp³-hybridized carbons (Fsp3) is 0.167. The van der Waals surface area contributed by atoms with Crippen molar-refractivity contribution in [2.24, 2.45) is 0 Å². The van der Waals surface area contributed by atoms with E-state index in [0.717, 1.165) is 11.2 Å². The van der Waals surface area contributed by atoms with Gasteiger partial charge in [0.05, 0.1) is 17.4 Å². The summed E-state index contributed by atoms with van der Waals surface area (Å²) in [7, 11) is 0. The fourth-order valence-corrected chi connectivity index (χ4v) is 1.17. The SMILES string of the molecule is Cc1ncn2c(=S)[nH]ncc12. The van der Waals surface area contributed by atoms with Crippen LogP contribution in [0.15, 0.2) is 12.5 Å². The van der Waals surface area contributed by atoms with E-state index < -0.39 is 0 Å². The molecule has 0 spiro atoms. The molecule has 0 bridgehead atoms. The first-order valence-corrected chi connectivity index (χ1v) is 3.57. The molecule has 56 valence electrons. The summed E-state index contributed by atoms with van der Waals surface area (Å²) in [5, 5.41) is 6.53. The van der Waals surface area contributed by atoms with Crippen LogP contribution in [0, 0.1) is 11.7 Å². The van der Waals surface area contributed by atoms with E-state index in [0.29, 0.717) is 4.77 Å². The molecule has 0 aliphatic heterocycles. The second-order valence-electron chi connectivity index (χ2n) is 2.26. The van der Waals surface area contributed by atoms with Gasteiger partial charge in [-0.25, -0.2) is 4.98 Å². The van der Waals surface area contributed by atoms with Gasteiger partial charge in [0.1, 0.15) is 6.33 Å². The van der Waals surface area contributed by atoms with Crippen LogP contribution in [0.4, 0.5) is 0 Å². The maximum absolute atomic E-state index is 4.97. The third-order valence-electron chi connectivity index (χ3n) is 1.56. The number of H-pyrrole nitrogens is 1. The lowest BCUT2D eigenvalue weighted by Crippen LogP contribution is -1.90. The van der Waals surface area contributed by atoms with Crippen molar-refractivity contribution >= 4 is 17.7 Å². The molecule has 0 aromatic carbocycles. The first kappa shape index (κ1) is 6.48. The molecule has 0 saturated carbocycles. The summed E-state index contributed by atoms with van der Waals surface area (Å²) in [6.07, 6.45) is 3.39. The number of rotatable bonds is 0. The first-order chi connectivity index (χ1) is 5.29. The van der Waals surface area contributed by atoms with E-state index in [1.165, 1.54) is 0 Å². The van der Waals surface area contributed by atoms with Crippen LogP contribution in [0.25, 0.3) is 5.52 Å². The van der Waals surface area contributed by atoms with Gasteiger partial charge < -0.3 is 0 Å². The summed E-state index contributed by atoms with van der Waals surface area (Å²) in [5.74, 6) is 0. The minimum atomic E-state index is 0.572. The topological polar surface area (TPSA) is 46.0 Å². The zero-order chi connectivity index (χ0) is 7.84. The molecule has 2 aromatic heterocycles. The molecule has 0 unspecified atom stereocenters. The third kappa shape index (κ3) is 0.848. The van der Waals surface area contributed by atoms with E-state index in [4.69, 9.17) is 12.2 Å². The Hall–Kier alpha value is -1.23. The van der Waals surface area contributed by atoms with Gasteiger partial charge in [-0.1, -0.05) is 0 Å². The molecule has 0 aliphatic rings. The van der Waals surface area contributed by atoms with Crippen molar-refractivity contribution in [1.29, 1.82) is 0 Å². The predicted octanol–water partition coefficient (Wildman–Crippen LogP) is 1.10. The van der Waals surface area contributed by atoms with E-state index in [2.05, 4.69) is 15.2 Å². The number of hydrogen-bond acceptors (Lipinski definition) is 3. The summed E-state index contributed by atoms with van der Waals surface area (Å²) in [5.41, 5.74) is 1.89. The van der Waals surface area contributed by atoms with Gasteiger partial charge in [0.2, 0.25) is 0 Å². The Kier molecular flexibility index (Phi) is 1.25. The molecule has 11 heavy (non-hydrogen) atoms. The number of nitrogens with zero attached hydrogens (tertiary/aromatic N) is 3. The van der Waals surface area contributed by atoms with Crippen LogP contribution >= 0.6 is 12.2 Å². The van der Waals surface area contributed by atoms with Gasteiger partial charge >= 0.3 is 0 Å². The molecule has 5 heteroatoms. The van der Waals surface area contributed by atoms with Gasteiger partial charge in [0.25, 0.3) is 0 Å². The quantitative estimate of drug-likeness (QED) is 0.596. The average Bonchev–Trinajstić information content (AvgIpc) is 2.35. The van der Waals surface area contributed by atoms with Gasteiger partial charge in [-0.15, -0.1) is 0 Å². The van der Waals surface area contributed by atoms with E-state index in [9.17, 15) is 0 Å². The second kappa shape index (κ2) is 2.13. The molecule has 2 heterocycles. The van der Waals surface area contributed by atoms with Crippen LogP contribution in [0.1, 0.15) is 5.69 Å². The van der Waals surface area contributed by atoms with Gasteiger partial charge in [-0.3, -0.25) is 9.50 Å². The summed E-state index contributed by atoms with van der Waals surface area (Å²) in [6, 6.07) is 0. The number of nitrogens with one attached hydrogen (secondary N) is 1. The maximum Gasteiger partial charge on any atom is 0.199 e. The Morgan fingerprint density at radius 2 is 2.45 bits per heavy atom. The van der Waals surface area contributed by atoms with E-state index in [1.807, 2.05) is 6.92 Å². The first-order valence-electron chi connectivity index (χ1n) is 3.16. The molecule has 1 N–H and O–H groups in total. The van der Waals surface area contributed by atoms with Crippen LogP contribution in [-0.2, 0) is 0 Å². The van der Waals surface area contributed by atoms with Crippen LogP contribution in [0.5, 0.6) is 0 Å². The second-order valence-corrected chi connectivity index (χ2v) is 2.65. The highest BCUT2D eigenvalue weighted by atomic mass is 32.1. The lowest BCUT2D eigenvalue weighted by Gasteiger charge is -1.90. The summed E-state index contributed by atoms with van der Waals surface area (Å²) < 4.78 is 2.36. The Labute approximate surface area is 67.9 Å². The monoisotopic (exact) mass is 166 g/mol. The average molecular weight is 166 g/mol. The molecular weight excluding hydrogens is 160 g/mol. The number of imidazole rings is 1. The third-order valence-corrected chi connectivity index (χ3v) is 1.85. The minimum absolute atomic E-state index is 0.572. The predicted molar refractivity (Wildman–Crippen MR) is 42.9 cm³/mol. The highest BCUT2D eigenvalue weighted by Crippen LogP contribution is 2.04. The number of hydrogen-bond donors (Lipinski definition) is 1. The minimum Gasteiger partial charge on any atom is -0.273 e. The van der Waals surface area contributed by atoms with Gasteiger partial charge in [-0.2, -0.15) is 5.10 Å². The zero-order valence-corrected chi connectivity index (χ0v) is 6.72. The van der Waals surface area contributed by atoms with Crippen LogP contribution < -0.4 is 0 Å². The Morgan fingerprint density at radius 1 is 1.64 bits per heavy atom. The lowest BCUT2D eigenvalue weighted by atomic mass is 10.4. The van der Waals surface area contributed by atoms with E-state index in [-0.39, 0.29) is 0 Å². The summed E-state index contributed by atoms with van der Waals surface area (Å²) >= 11 is 4.97. The van der Waals surface area contributed by atoms with Crippen molar-refractivity contribution in [2.75, 3.05) is 0 Å². The molecule has 0 fully saturated rings. The molecule has 0 radical (unpaired) electrons. The van der Waals surface area contributed by atoms with Crippen molar-refractivity contribution in [3.8, 4) is 0 Å². The van der Waals surface area contributed by atoms with E-state index >= 15 is 0 Å². The van der Waals surface area contributed by atoms with Crippen molar-refractivity contribution in [3.05, 3.63) is 23.0 Å². The maximum atomic E-state index is 4.97. The zero-order valence-electron chi connectivity index (χ0n) is 5.90. The number of aromatic amines is 1. The van der Waals surface area contributed by atoms with Gasteiger partial charge in [0.15, 0.2) is 4.77 Å². The molecular formula is C6H6N4S. The number of aromatic nitrogens is 4. The van der Waals surface area contributed by atoms with Crippen molar-refractivity contribution in [1.82, 2.24) is 19.6 Å².